The molecule has 1 heterocycles. The molecule has 6 heteroatoms. The van der Waals surface area contributed by atoms with Crippen molar-refractivity contribution in [2.45, 2.75) is 37.1 Å². The second kappa shape index (κ2) is 4.62. The third-order valence-corrected chi connectivity index (χ3v) is 4.43. The molecule has 1 fully saturated rings. The number of H-pyrrole nitrogens is 1. The van der Waals surface area contributed by atoms with Crippen molar-refractivity contribution in [3.05, 3.63) is 28.7 Å². The lowest BCUT2D eigenvalue weighted by Gasteiger charge is -2.13. The molecule has 0 radical (unpaired) electrons. The molecule has 1 aliphatic carbocycles. The first-order chi connectivity index (χ1) is 7.99. The Bertz CT molecular complexity index is 546. The summed E-state index contributed by atoms with van der Waals surface area (Å²) in [6.07, 6.45) is 5.82. The summed E-state index contributed by atoms with van der Waals surface area (Å²) >= 11 is 0. The minimum absolute atomic E-state index is 0.132. The van der Waals surface area contributed by atoms with Gasteiger partial charge < -0.3 is 4.98 Å². The van der Waals surface area contributed by atoms with E-state index < -0.39 is 15.5 Å². The van der Waals surface area contributed by atoms with E-state index in [1.165, 1.54) is 31.3 Å². The average molecular weight is 256 g/mol. The van der Waals surface area contributed by atoms with Crippen LogP contribution in [0.15, 0.2) is 28.2 Å². The Labute approximate surface area is 100 Å². The highest BCUT2D eigenvalue weighted by Crippen LogP contribution is 2.33. The fraction of sp³-hybridized carbons (Fsp3) is 0.545. The van der Waals surface area contributed by atoms with Gasteiger partial charge in [0.25, 0.3) is 0 Å². The average Bonchev–Trinajstić information content (AvgIpc) is 3.00. The molecule has 0 aromatic carbocycles. The van der Waals surface area contributed by atoms with Crippen LogP contribution in [-0.2, 0) is 10.0 Å². The molecular weight excluding hydrogens is 240 g/mol. The minimum Gasteiger partial charge on any atom is -0.366 e. The first-order valence-electron chi connectivity index (χ1n) is 5.68. The van der Waals surface area contributed by atoms with Gasteiger partial charge in [-0.2, -0.15) is 0 Å². The fourth-order valence-corrected chi connectivity index (χ4v) is 3.15. The third kappa shape index (κ3) is 3.17. The predicted molar refractivity (Wildman–Crippen MR) is 64.2 cm³/mol. The zero-order valence-corrected chi connectivity index (χ0v) is 10.5. The molecule has 0 amide bonds. The van der Waals surface area contributed by atoms with Gasteiger partial charge in [-0.15, -0.1) is 0 Å². The van der Waals surface area contributed by atoms with E-state index in [0.29, 0.717) is 5.92 Å². The lowest BCUT2D eigenvalue weighted by Crippen LogP contribution is -2.35. The van der Waals surface area contributed by atoms with Gasteiger partial charge in [-0.25, -0.2) is 13.1 Å². The molecule has 17 heavy (non-hydrogen) atoms. The van der Waals surface area contributed by atoms with Gasteiger partial charge in [0.1, 0.15) is 4.90 Å². The number of pyridine rings is 1. The lowest BCUT2D eigenvalue weighted by molar-refractivity contribution is 0.529. The molecule has 1 saturated carbocycles. The van der Waals surface area contributed by atoms with Crippen molar-refractivity contribution in [1.29, 1.82) is 0 Å². The second-order valence-electron chi connectivity index (χ2n) is 4.57. The quantitative estimate of drug-likeness (QED) is 0.819. The molecule has 0 bridgehead atoms. The second-order valence-corrected chi connectivity index (χ2v) is 6.26. The molecule has 1 aliphatic rings. The molecule has 0 aliphatic heterocycles. The standard InChI is InChI=1S/C11H16N2O3S/c1-8(6-9-2-3-9)13-17(15,16)11-7-12-5-4-10(11)14/h4-5,7-9,13H,2-3,6H2,1H3,(H,12,14). The van der Waals surface area contributed by atoms with Crippen molar-refractivity contribution in [2.75, 3.05) is 0 Å². The first kappa shape index (κ1) is 12.3. The van der Waals surface area contributed by atoms with Crippen LogP contribution in [0.2, 0.25) is 0 Å². The molecule has 5 nitrogen and oxygen atoms in total. The molecule has 0 spiro atoms. The Hall–Kier alpha value is -1.14. The van der Waals surface area contributed by atoms with Crippen LogP contribution in [0.25, 0.3) is 0 Å². The largest absolute Gasteiger partial charge is 0.366 e. The van der Waals surface area contributed by atoms with Gasteiger partial charge in [-0.3, -0.25) is 4.79 Å². The van der Waals surface area contributed by atoms with E-state index in [1.54, 1.807) is 0 Å². The van der Waals surface area contributed by atoms with Crippen molar-refractivity contribution in [3.63, 3.8) is 0 Å². The van der Waals surface area contributed by atoms with Crippen LogP contribution in [0.5, 0.6) is 0 Å². The zero-order chi connectivity index (χ0) is 12.5. The first-order valence-corrected chi connectivity index (χ1v) is 7.17. The highest BCUT2D eigenvalue weighted by molar-refractivity contribution is 7.89. The van der Waals surface area contributed by atoms with Crippen LogP contribution in [0, 0.1) is 5.92 Å². The van der Waals surface area contributed by atoms with E-state index in [2.05, 4.69) is 9.71 Å². The number of hydrogen-bond donors (Lipinski definition) is 2. The number of rotatable bonds is 5. The van der Waals surface area contributed by atoms with Gasteiger partial charge in [-0.05, 0) is 19.3 Å². The molecule has 2 N–H and O–H groups in total. The van der Waals surface area contributed by atoms with Gasteiger partial charge >= 0.3 is 0 Å². The van der Waals surface area contributed by atoms with E-state index in [-0.39, 0.29) is 10.9 Å². The smallest absolute Gasteiger partial charge is 0.246 e. The van der Waals surface area contributed by atoms with E-state index in [9.17, 15) is 13.2 Å². The van der Waals surface area contributed by atoms with Crippen LogP contribution in [-0.4, -0.2) is 19.4 Å². The predicted octanol–water partition coefficient (Wildman–Crippen LogP) is 0.842. The topological polar surface area (TPSA) is 79.0 Å². The number of aromatic nitrogens is 1. The van der Waals surface area contributed by atoms with Crippen molar-refractivity contribution in [2.24, 2.45) is 5.92 Å². The van der Waals surface area contributed by atoms with Crippen LogP contribution in [0.3, 0.4) is 0 Å². The van der Waals surface area contributed by atoms with E-state index in [1.807, 2.05) is 6.92 Å². The Morgan fingerprint density at radius 1 is 1.53 bits per heavy atom. The van der Waals surface area contributed by atoms with Crippen LogP contribution >= 0.6 is 0 Å². The van der Waals surface area contributed by atoms with Crippen molar-refractivity contribution in [3.8, 4) is 0 Å². The summed E-state index contributed by atoms with van der Waals surface area (Å²) in [5.41, 5.74) is -0.491. The third-order valence-electron chi connectivity index (χ3n) is 2.82. The van der Waals surface area contributed by atoms with Crippen LogP contribution < -0.4 is 10.2 Å². The zero-order valence-electron chi connectivity index (χ0n) is 9.64. The molecule has 94 valence electrons. The molecule has 1 aromatic rings. The normalized spacial score (nSPS) is 17.9. The number of sulfonamides is 1. The van der Waals surface area contributed by atoms with Crippen molar-refractivity contribution < 1.29 is 8.42 Å². The summed E-state index contributed by atoms with van der Waals surface area (Å²) in [7, 11) is -3.70. The molecule has 1 unspecified atom stereocenters. The maximum Gasteiger partial charge on any atom is 0.246 e. The summed E-state index contributed by atoms with van der Waals surface area (Å²) in [6.45, 7) is 1.83. The van der Waals surface area contributed by atoms with E-state index in [4.69, 9.17) is 0 Å². The van der Waals surface area contributed by atoms with Crippen LogP contribution in [0.4, 0.5) is 0 Å². The Kier molecular flexibility index (Phi) is 3.35. The summed E-state index contributed by atoms with van der Waals surface area (Å²) in [5, 5.41) is 0. The SMILES string of the molecule is CC(CC1CC1)NS(=O)(=O)c1c[nH]ccc1=O. The molecular formula is C11H16N2O3S. The minimum atomic E-state index is -3.70. The highest BCUT2D eigenvalue weighted by Gasteiger charge is 2.26. The molecule has 1 aromatic heterocycles. The fourth-order valence-electron chi connectivity index (χ4n) is 1.84. The lowest BCUT2D eigenvalue weighted by atomic mass is 10.2. The molecule has 1 atom stereocenters. The summed E-state index contributed by atoms with van der Waals surface area (Å²) in [5.74, 6) is 0.641. The van der Waals surface area contributed by atoms with E-state index >= 15 is 0 Å². The highest BCUT2D eigenvalue weighted by atomic mass is 32.2. The van der Waals surface area contributed by atoms with Crippen molar-refractivity contribution in [1.82, 2.24) is 9.71 Å². The van der Waals surface area contributed by atoms with Crippen molar-refractivity contribution >= 4 is 10.0 Å². The monoisotopic (exact) mass is 256 g/mol. The Morgan fingerprint density at radius 2 is 2.24 bits per heavy atom. The van der Waals surface area contributed by atoms with Gasteiger partial charge in [0.15, 0.2) is 0 Å². The van der Waals surface area contributed by atoms with E-state index in [0.717, 1.165) is 6.42 Å². The van der Waals surface area contributed by atoms with Crippen LogP contribution in [0.1, 0.15) is 26.2 Å². The number of hydrogen-bond acceptors (Lipinski definition) is 3. The summed E-state index contributed by atoms with van der Waals surface area (Å²) in [6, 6.07) is 1.08. The number of aromatic amines is 1. The Morgan fingerprint density at radius 3 is 2.82 bits per heavy atom. The molecule has 0 saturated heterocycles. The van der Waals surface area contributed by atoms with Gasteiger partial charge in [-0.1, -0.05) is 12.8 Å². The maximum atomic E-state index is 11.9. The Balaban J connectivity index is 2.13. The summed E-state index contributed by atoms with van der Waals surface area (Å²) < 4.78 is 26.4. The summed E-state index contributed by atoms with van der Waals surface area (Å²) in [4.78, 5) is 13.8. The number of nitrogens with one attached hydrogen (secondary N) is 2. The maximum absolute atomic E-state index is 11.9. The van der Waals surface area contributed by atoms with Gasteiger partial charge in [0.2, 0.25) is 15.5 Å². The van der Waals surface area contributed by atoms with Gasteiger partial charge in [0.05, 0.1) is 0 Å². The van der Waals surface area contributed by atoms with Gasteiger partial charge in [0, 0.05) is 24.5 Å². The molecule has 2 rings (SSSR count).